The van der Waals surface area contributed by atoms with E-state index in [1.807, 2.05) is 0 Å². The molecule has 2 N–H and O–H groups in total. The molecule has 1 fully saturated rings. The molecule has 0 bridgehead atoms. The van der Waals surface area contributed by atoms with Gasteiger partial charge >= 0.3 is 12.1 Å². The molecule has 1 aliphatic rings. The Morgan fingerprint density at radius 1 is 1.26 bits per heavy atom. The predicted octanol–water partition coefficient (Wildman–Crippen LogP) is 1.18. The third-order valence-corrected chi connectivity index (χ3v) is 2.98. The molecule has 0 saturated heterocycles. The van der Waals surface area contributed by atoms with E-state index in [4.69, 9.17) is 5.11 Å². The van der Waals surface area contributed by atoms with Gasteiger partial charge < -0.3 is 15.2 Å². The molecule has 1 rings (SSSR count). The van der Waals surface area contributed by atoms with Crippen molar-refractivity contribution in [1.82, 2.24) is 5.32 Å². The quantitative estimate of drug-likeness (QED) is 0.718. The highest BCUT2D eigenvalue weighted by Gasteiger charge is 2.37. The maximum absolute atomic E-state index is 11.7. The van der Waals surface area contributed by atoms with Crippen LogP contribution in [0.3, 0.4) is 0 Å². The van der Waals surface area contributed by atoms with Gasteiger partial charge in [0.05, 0.1) is 18.4 Å². The number of carbonyl (C=O) groups excluding carboxylic acids is 1. The van der Waals surface area contributed by atoms with Crippen LogP contribution in [0.5, 0.6) is 0 Å². The fourth-order valence-corrected chi connectivity index (χ4v) is 2.13. The molecule has 0 aromatic heterocycles. The lowest BCUT2D eigenvalue weighted by Gasteiger charge is -2.15. The van der Waals surface area contributed by atoms with Crippen LogP contribution >= 0.6 is 0 Å². The van der Waals surface area contributed by atoms with Gasteiger partial charge in [0.2, 0.25) is 5.91 Å². The Morgan fingerprint density at radius 2 is 1.89 bits per heavy atom. The van der Waals surface area contributed by atoms with E-state index in [9.17, 15) is 22.8 Å². The summed E-state index contributed by atoms with van der Waals surface area (Å²) >= 11 is 0. The molecule has 5 nitrogen and oxygen atoms in total. The normalized spacial score (nSPS) is 23.3. The molecule has 0 aromatic carbocycles. The monoisotopic (exact) mass is 283 g/mol. The molecule has 1 saturated carbocycles. The van der Waals surface area contributed by atoms with Gasteiger partial charge in [0.15, 0.2) is 0 Å². The Labute approximate surface area is 108 Å². The molecule has 0 aromatic rings. The SMILES string of the molecule is O=C(O)[C@H]1CCC[C@H]1C(=O)NCCOCC(F)(F)F. The zero-order valence-corrected chi connectivity index (χ0v) is 10.2. The minimum atomic E-state index is -4.39. The minimum Gasteiger partial charge on any atom is -0.481 e. The Kier molecular flexibility index (Phi) is 5.59. The topological polar surface area (TPSA) is 75.6 Å². The van der Waals surface area contributed by atoms with Gasteiger partial charge in [-0.05, 0) is 12.8 Å². The van der Waals surface area contributed by atoms with E-state index in [0.717, 1.165) is 0 Å². The lowest BCUT2D eigenvalue weighted by molar-refractivity contribution is -0.173. The lowest BCUT2D eigenvalue weighted by atomic mass is 9.95. The number of aliphatic carboxylic acids is 1. The van der Waals surface area contributed by atoms with Crippen LogP contribution in [0.15, 0.2) is 0 Å². The summed E-state index contributed by atoms with van der Waals surface area (Å²) in [5, 5.41) is 11.3. The molecule has 0 heterocycles. The average Bonchev–Trinajstić information content (AvgIpc) is 2.75. The van der Waals surface area contributed by atoms with Crippen molar-refractivity contribution in [3.63, 3.8) is 0 Å². The molecule has 1 aliphatic carbocycles. The summed E-state index contributed by atoms with van der Waals surface area (Å²) in [6.07, 6.45) is -2.77. The molecule has 19 heavy (non-hydrogen) atoms. The molecule has 1 amide bonds. The molecular weight excluding hydrogens is 267 g/mol. The van der Waals surface area contributed by atoms with E-state index < -0.39 is 36.5 Å². The third kappa shape index (κ3) is 5.46. The van der Waals surface area contributed by atoms with Crippen LogP contribution in [0, 0.1) is 11.8 Å². The molecule has 0 aliphatic heterocycles. The Morgan fingerprint density at radius 3 is 2.47 bits per heavy atom. The first-order chi connectivity index (χ1) is 8.81. The molecule has 2 atom stereocenters. The van der Waals surface area contributed by atoms with E-state index >= 15 is 0 Å². The van der Waals surface area contributed by atoms with Gasteiger partial charge in [-0.1, -0.05) is 6.42 Å². The number of nitrogens with one attached hydrogen (secondary N) is 1. The number of hydrogen-bond donors (Lipinski definition) is 2. The van der Waals surface area contributed by atoms with Crippen LogP contribution in [-0.2, 0) is 14.3 Å². The first-order valence-electron chi connectivity index (χ1n) is 5.96. The first kappa shape index (κ1) is 15.7. The number of ether oxygens (including phenoxy) is 1. The van der Waals surface area contributed by atoms with E-state index in [2.05, 4.69) is 10.1 Å². The first-order valence-corrected chi connectivity index (χ1v) is 5.96. The molecule has 110 valence electrons. The van der Waals surface area contributed by atoms with Crippen LogP contribution in [0.2, 0.25) is 0 Å². The van der Waals surface area contributed by atoms with Gasteiger partial charge in [-0.3, -0.25) is 9.59 Å². The highest BCUT2D eigenvalue weighted by Crippen LogP contribution is 2.31. The zero-order chi connectivity index (χ0) is 14.5. The van der Waals surface area contributed by atoms with E-state index in [1.165, 1.54) is 0 Å². The van der Waals surface area contributed by atoms with E-state index in [1.54, 1.807) is 0 Å². The largest absolute Gasteiger partial charge is 0.481 e. The Bertz CT molecular complexity index is 332. The minimum absolute atomic E-state index is 0.0578. The standard InChI is InChI=1S/C11H16F3NO4/c12-11(13,14)6-19-5-4-15-9(16)7-2-1-3-8(7)10(17)18/h7-8H,1-6H2,(H,15,16)(H,17,18)/t7-,8+/m1/s1. The van der Waals surface area contributed by atoms with Crippen molar-refractivity contribution in [3.05, 3.63) is 0 Å². The smallest absolute Gasteiger partial charge is 0.411 e. The molecule has 0 unspecified atom stereocenters. The highest BCUT2D eigenvalue weighted by atomic mass is 19.4. The molecule has 0 radical (unpaired) electrons. The second-order valence-electron chi connectivity index (χ2n) is 4.44. The fourth-order valence-electron chi connectivity index (χ4n) is 2.13. The summed E-state index contributed by atoms with van der Waals surface area (Å²) in [6, 6.07) is 0. The van der Waals surface area contributed by atoms with Crippen LogP contribution < -0.4 is 5.32 Å². The maximum atomic E-state index is 11.7. The highest BCUT2D eigenvalue weighted by molar-refractivity contribution is 5.85. The van der Waals surface area contributed by atoms with Crippen LogP contribution in [0.25, 0.3) is 0 Å². The van der Waals surface area contributed by atoms with Crippen LogP contribution in [0.1, 0.15) is 19.3 Å². The second-order valence-corrected chi connectivity index (χ2v) is 4.44. The van der Waals surface area contributed by atoms with Crippen molar-refractivity contribution >= 4 is 11.9 Å². The number of carboxylic acids is 1. The van der Waals surface area contributed by atoms with Crippen molar-refractivity contribution < 1.29 is 32.6 Å². The molecule has 0 spiro atoms. The summed E-state index contributed by atoms with van der Waals surface area (Å²) in [6.45, 7) is -1.67. The average molecular weight is 283 g/mol. The van der Waals surface area contributed by atoms with Crippen molar-refractivity contribution in [2.24, 2.45) is 11.8 Å². The number of rotatable bonds is 6. The number of hydrogen-bond acceptors (Lipinski definition) is 3. The number of amides is 1. The second kappa shape index (κ2) is 6.74. The van der Waals surface area contributed by atoms with Gasteiger partial charge in [0.25, 0.3) is 0 Å². The lowest BCUT2D eigenvalue weighted by Crippen LogP contribution is -2.37. The van der Waals surface area contributed by atoms with Gasteiger partial charge in [0.1, 0.15) is 6.61 Å². The van der Waals surface area contributed by atoms with E-state index in [-0.39, 0.29) is 13.2 Å². The number of carbonyl (C=O) groups is 2. The third-order valence-electron chi connectivity index (χ3n) is 2.98. The number of alkyl halides is 3. The maximum Gasteiger partial charge on any atom is 0.411 e. The van der Waals surface area contributed by atoms with Crippen LogP contribution in [0.4, 0.5) is 13.2 Å². The fraction of sp³-hybridized carbons (Fsp3) is 0.818. The predicted molar refractivity (Wildman–Crippen MR) is 58.4 cm³/mol. The van der Waals surface area contributed by atoms with Crippen LogP contribution in [-0.4, -0.2) is 42.9 Å². The number of halogens is 3. The van der Waals surface area contributed by atoms with Gasteiger partial charge in [-0.15, -0.1) is 0 Å². The van der Waals surface area contributed by atoms with Gasteiger partial charge in [0, 0.05) is 6.54 Å². The molecule has 8 heteroatoms. The zero-order valence-electron chi connectivity index (χ0n) is 10.2. The summed E-state index contributed by atoms with van der Waals surface area (Å²) in [5.41, 5.74) is 0. The summed E-state index contributed by atoms with van der Waals surface area (Å²) in [7, 11) is 0. The van der Waals surface area contributed by atoms with Gasteiger partial charge in [-0.2, -0.15) is 13.2 Å². The van der Waals surface area contributed by atoms with Gasteiger partial charge in [-0.25, -0.2) is 0 Å². The summed E-state index contributed by atoms with van der Waals surface area (Å²) in [4.78, 5) is 22.5. The molecular formula is C11H16F3NO4. The van der Waals surface area contributed by atoms with Crippen molar-refractivity contribution in [2.75, 3.05) is 19.8 Å². The number of carboxylic acid groups (broad SMARTS) is 1. The Hall–Kier alpha value is -1.31. The van der Waals surface area contributed by atoms with Crippen molar-refractivity contribution in [3.8, 4) is 0 Å². The van der Waals surface area contributed by atoms with E-state index in [0.29, 0.717) is 19.3 Å². The summed E-state index contributed by atoms with van der Waals surface area (Å²) < 4.78 is 39.6. The van der Waals surface area contributed by atoms with Crippen molar-refractivity contribution in [1.29, 1.82) is 0 Å². The van der Waals surface area contributed by atoms with Crippen molar-refractivity contribution in [2.45, 2.75) is 25.4 Å². The summed E-state index contributed by atoms with van der Waals surface area (Å²) in [5.74, 6) is -2.73. The Balaban J connectivity index is 2.22.